The largest absolute Gasteiger partial charge is 0.507 e. The maximum absolute atomic E-state index is 12.9. The van der Waals surface area contributed by atoms with Crippen LogP contribution in [-0.2, 0) is 0 Å². The number of aliphatic hydroxyl groups is 1. The van der Waals surface area contributed by atoms with Crippen LogP contribution in [0.4, 0.5) is 4.39 Å². The fraction of sp³-hybridized carbons (Fsp3) is 0.500. The summed E-state index contributed by atoms with van der Waals surface area (Å²) in [4.78, 5) is 12.0. The molecule has 1 aromatic carbocycles. The van der Waals surface area contributed by atoms with E-state index in [2.05, 4.69) is 5.32 Å². The van der Waals surface area contributed by atoms with Crippen LogP contribution < -0.4 is 5.32 Å². The lowest BCUT2D eigenvalue weighted by atomic mass is 9.76. The van der Waals surface area contributed by atoms with Crippen LogP contribution in [0.2, 0.25) is 0 Å². The molecule has 3 N–H and O–H groups in total. The van der Waals surface area contributed by atoms with Crippen molar-refractivity contribution < 1.29 is 19.4 Å². The number of benzene rings is 1. The predicted molar refractivity (Wildman–Crippen MR) is 68.3 cm³/mol. The summed E-state index contributed by atoms with van der Waals surface area (Å²) in [5.74, 6) is -1.08. The standard InChI is InChI=1S/C14H18FNO3/c1-2-12(8-5-10(17)6-8)16-14(19)11-4-3-9(15)7-13(11)18/h3-4,7-8,10,12,17-18H,2,5-6H2,1H3,(H,16,19). The fourth-order valence-electron chi connectivity index (χ4n) is 2.45. The van der Waals surface area contributed by atoms with Crippen LogP contribution in [0.1, 0.15) is 36.5 Å². The molecule has 1 amide bonds. The summed E-state index contributed by atoms with van der Waals surface area (Å²) in [6, 6.07) is 3.30. The summed E-state index contributed by atoms with van der Waals surface area (Å²) < 4.78 is 12.9. The molecule has 2 rings (SSSR count). The summed E-state index contributed by atoms with van der Waals surface area (Å²) in [6.45, 7) is 1.96. The molecule has 1 fully saturated rings. The molecule has 0 heterocycles. The molecule has 104 valence electrons. The van der Waals surface area contributed by atoms with Gasteiger partial charge in [0.25, 0.3) is 5.91 Å². The Bertz CT molecular complexity index is 472. The molecule has 0 aliphatic heterocycles. The van der Waals surface area contributed by atoms with E-state index in [1.807, 2.05) is 6.92 Å². The van der Waals surface area contributed by atoms with Gasteiger partial charge in [0.15, 0.2) is 0 Å². The second-order valence-electron chi connectivity index (χ2n) is 5.03. The van der Waals surface area contributed by atoms with Crippen molar-refractivity contribution in [3.8, 4) is 5.75 Å². The van der Waals surface area contributed by atoms with Crippen LogP contribution in [0.25, 0.3) is 0 Å². The van der Waals surface area contributed by atoms with Crippen LogP contribution in [0, 0.1) is 11.7 Å². The number of hydrogen-bond acceptors (Lipinski definition) is 3. The molecule has 1 unspecified atom stereocenters. The zero-order valence-electron chi connectivity index (χ0n) is 10.8. The van der Waals surface area contributed by atoms with E-state index in [9.17, 15) is 19.4 Å². The first-order chi connectivity index (χ1) is 9.01. The van der Waals surface area contributed by atoms with Gasteiger partial charge in [-0.25, -0.2) is 4.39 Å². The highest BCUT2D eigenvalue weighted by atomic mass is 19.1. The van der Waals surface area contributed by atoms with Gasteiger partial charge in [-0.2, -0.15) is 0 Å². The average molecular weight is 267 g/mol. The van der Waals surface area contributed by atoms with Crippen LogP contribution in [0.15, 0.2) is 18.2 Å². The summed E-state index contributed by atoms with van der Waals surface area (Å²) in [5.41, 5.74) is 0.0692. The van der Waals surface area contributed by atoms with Crippen molar-refractivity contribution in [2.75, 3.05) is 0 Å². The van der Waals surface area contributed by atoms with Crippen molar-refractivity contribution in [1.82, 2.24) is 5.32 Å². The fourth-order valence-corrected chi connectivity index (χ4v) is 2.45. The molecule has 0 spiro atoms. The van der Waals surface area contributed by atoms with Gasteiger partial charge in [0.05, 0.1) is 11.7 Å². The van der Waals surface area contributed by atoms with Gasteiger partial charge >= 0.3 is 0 Å². The van der Waals surface area contributed by atoms with Crippen LogP contribution in [-0.4, -0.2) is 28.3 Å². The van der Waals surface area contributed by atoms with Crippen molar-refractivity contribution in [1.29, 1.82) is 0 Å². The number of aliphatic hydroxyl groups excluding tert-OH is 1. The summed E-state index contributed by atoms with van der Waals surface area (Å²) >= 11 is 0. The average Bonchev–Trinajstić information content (AvgIpc) is 2.32. The zero-order valence-corrected chi connectivity index (χ0v) is 10.8. The van der Waals surface area contributed by atoms with E-state index in [1.165, 1.54) is 6.07 Å². The summed E-state index contributed by atoms with van der Waals surface area (Å²) in [7, 11) is 0. The first-order valence-electron chi connectivity index (χ1n) is 6.48. The third-order valence-corrected chi connectivity index (χ3v) is 3.68. The van der Waals surface area contributed by atoms with E-state index in [0.717, 1.165) is 18.6 Å². The highest BCUT2D eigenvalue weighted by Crippen LogP contribution is 2.31. The number of rotatable bonds is 4. The van der Waals surface area contributed by atoms with E-state index in [1.54, 1.807) is 0 Å². The van der Waals surface area contributed by atoms with Gasteiger partial charge < -0.3 is 15.5 Å². The molecular formula is C14H18FNO3. The van der Waals surface area contributed by atoms with Crippen molar-refractivity contribution >= 4 is 5.91 Å². The van der Waals surface area contributed by atoms with Crippen LogP contribution in [0.3, 0.4) is 0 Å². The number of carbonyl (C=O) groups is 1. The highest BCUT2D eigenvalue weighted by molar-refractivity contribution is 5.96. The maximum Gasteiger partial charge on any atom is 0.255 e. The third-order valence-electron chi connectivity index (χ3n) is 3.68. The normalized spacial score (nSPS) is 23.5. The Kier molecular flexibility index (Phi) is 4.04. The third kappa shape index (κ3) is 3.04. The minimum Gasteiger partial charge on any atom is -0.507 e. The van der Waals surface area contributed by atoms with E-state index in [0.29, 0.717) is 12.8 Å². The predicted octanol–water partition coefficient (Wildman–Crippen LogP) is 1.81. The Labute approximate surface area is 111 Å². The Morgan fingerprint density at radius 2 is 2.21 bits per heavy atom. The number of aromatic hydroxyl groups is 1. The topological polar surface area (TPSA) is 69.6 Å². The molecular weight excluding hydrogens is 249 g/mol. The molecule has 1 saturated carbocycles. The van der Waals surface area contributed by atoms with Gasteiger partial charge in [-0.15, -0.1) is 0 Å². The molecule has 1 aliphatic carbocycles. The molecule has 19 heavy (non-hydrogen) atoms. The number of phenolic OH excluding ortho intramolecular Hbond substituents is 1. The van der Waals surface area contributed by atoms with Gasteiger partial charge in [0.2, 0.25) is 0 Å². The number of hydrogen-bond donors (Lipinski definition) is 3. The molecule has 1 atom stereocenters. The molecule has 1 aliphatic rings. The van der Waals surface area contributed by atoms with Gasteiger partial charge in [-0.3, -0.25) is 4.79 Å². The smallest absolute Gasteiger partial charge is 0.255 e. The first-order valence-corrected chi connectivity index (χ1v) is 6.48. The second-order valence-corrected chi connectivity index (χ2v) is 5.03. The van der Waals surface area contributed by atoms with Crippen LogP contribution >= 0.6 is 0 Å². The summed E-state index contributed by atoms with van der Waals surface area (Å²) in [5, 5.41) is 21.7. The minimum atomic E-state index is -0.580. The number of halogens is 1. The van der Waals surface area contributed by atoms with Gasteiger partial charge in [0, 0.05) is 12.1 Å². The Morgan fingerprint density at radius 3 is 2.74 bits per heavy atom. The lowest BCUT2D eigenvalue weighted by molar-refractivity contribution is 0.0232. The van der Waals surface area contributed by atoms with Crippen molar-refractivity contribution in [2.24, 2.45) is 5.92 Å². The number of nitrogens with one attached hydrogen (secondary N) is 1. The zero-order chi connectivity index (χ0) is 14.0. The molecule has 5 heteroatoms. The molecule has 0 radical (unpaired) electrons. The SMILES string of the molecule is CCC(NC(=O)c1ccc(F)cc1O)C1CC(O)C1. The van der Waals surface area contributed by atoms with E-state index < -0.39 is 11.7 Å². The maximum atomic E-state index is 12.9. The number of carbonyl (C=O) groups excluding carboxylic acids is 1. The van der Waals surface area contributed by atoms with Crippen molar-refractivity contribution in [3.63, 3.8) is 0 Å². The van der Waals surface area contributed by atoms with E-state index >= 15 is 0 Å². The van der Waals surface area contributed by atoms with Gasteiger partial charge in [0.1, 0.15) is 11.6 Å². The number of amides is 1. The van der Waals surface area contributed by atoms with Crippen LogP contribution in [0.5, 0.6) is 5.75 Å². The Balaban J connectivity index is 2.03. The molecule has 0 aromatic heterocycles. The first kappa shape index (κ1) is 13.8. The summed E-state index contributed by atoms with van der Waals surface area (Å²) in [6.07, 6.45) is 1.86. The van der Waals surface area contributed by atoms with Crippen molar-refractivity contribution in [2.45, 2.75) is 38.3 Å². The highest BCUT2D eigenvalue weighted by Gasteiger charge is 2.34. The van der Waals surface area contributed by atoms with Crippen molar-refractivity contribution in [3.05, 3.63) is 29.6 Å². The second kappa shape index (κ2) is 5.57. The van der Waals surface area contributed by atoms with Gasteiger partial charge in [-0.1, -0.05) is 6.92 Å². The number of phenols is 1. The Morgan fingerprint density at radius 1 is 1.53 bits per heavy atom. The molecule has 1 aromatic rings. The monoisotopic (exact) mass is 267 g/mol. The lowest BCUT2D eigenvalue weighted by Crippen LogP contribution is -2.46. The molecule has 0 bridgehead atoms. The quantitative estimate of drug-likeness (QED) is 0.779. The van der Waals surface area contributed by atoms with Gasteiger partial charge in [-0.05, 0) is 37.3 Å². The Hall–Kier alpha value is -1.62. The molecule has 0 saturated heterocycles. The molecule has 4 nitrogen and oxygen atoms in total. The lowest BCUT2D eigenvalue weighted by Gasteiger charge is -2.37. The van der Waals surface area contributed by atoms with E-state index in [4.69, 9.17) is 0 Å². The van der Waals surface area contributed by atoms with E-state index in [-0.39, 0.29) is 29.4 Å². The minimum absolute atomic E-state index is 0.0275.